The molecule has 2 rings (SSSR count). The van der Waals surface area contributed by atoms with Gasteiger partial charge in [0.05, 0.1) is 0 Å². The lowest BCUT2D eigenvalue weighted by Crippen LogP contribution is -2.08. The fourth-order valence-corrected chi connectivity index (χ4v) is 2.14. The van der Waals surface area contributed by atoms with Gasteiger partial charge in [0.2, 0.25) is 0 Å². The number of benzene rings is 2. The van der Waals surface area contributed by atoms with Crippen LogP contribution in [0.2, 0.25) is 0 Å². The zero-order valence-electron chi connectivity index (χ0n) is 10.5. The van der Waals surface area contributed by atoms with E-state index in [1.807, 2.05) is 42.5 Å². The van der Waals surface area contributed by atoms with Crippen molar-refractivity contribution in [3.05, 3.63) is 65.2 Å². The molecule has 0 bridgehead atoms. The van der Waals surface area contributed by atoms with E-state index in [1.165, 1.54) is 0 Å². The van der Waals surface area contributed by atoms with Gasteiger partial charge in [-0.05, 0) is 24.6 Å². The molecule has 19 heavy (non-hydrogen) atoms. The Balaban J connectivity index is 2.45. The summed E-state index contributed by atoms with van der Waals surface area (Å²) in [5.41, 5.74) is 2.22. The molecular formula is C16H13BrO2. The van der Waals surface area contributed by atoms with Gasteiger partial charge in [-0.1, -0.05) is 58.9 Å². The Labute approximate surface area is 120 Å². The third kappa shape index (κ3) is 3.12. The monoisotopic (exact) mass is 316 g/mol. The highest BCUT2D eigenvalue weighted by molar-refractivity contribution is 9.10. The minimum absolute atomic E-state index is 0.377. The zero-order valence-corrected chi connectivity index (χ0v) is 12.1. The van der Waals surface area contributed by atoms with E-state index in [9.17, 15) is 4.79 Å². The Morgan fingerprint density at radius 2 is 1.63 bits per heavy atom. The summed E-state index contributed by atoms with van der Waals surface area (Å²) < 4.78 is 6.31. The van der Waals surface area contributed by atoms with E-state index in [2.05, 4.69) is 22.5 Å². The Hall–Kier alpha value is -1.87. The van der Waals surface area contributed by atoms with Gasteiger partial charge in [0, 0.05) is 15.6 Å². The molecule has 0 amide bonds. The van der Waals surface area contributed by atoms with Crippen LogP contribution in [-0.2, 0) is 4.79 Å². The molecule has 0 aliphatic carbocycles. The van der Waals surface area contributed by atoms with Gasteiger partial charge in [-0.25, -0.2) is 4.79 Å². The van der Waals surface area contributed by atoms with Gasteiger partial charge >= 0.3 is 5.97 Å². The normalized spacial score (nSPS) is 10.0. The van der Waals surface area contributed by atoms with E-state index in [0.717, 1.165) is 15.6 Å². The molecule has 2 aromatic rings. The Morgan fingerprint density at radius 3 is 2.26 bits per heavy atom. The number of carbonyl (C=O) groups excluding carboxylic acids is 1. The Kier molecular flexibility index (Phi) is 4.17. The summed E-state index contributed by atoms with van der Waals surface area (Å²) in [5, 5.41) is 0. The highest BCUT2D eigenvalue weighted by Crippen LogP contribution is 2.34. The number of rotatable bonds is 3. The summed E-state index contributed by atoms with van der Waals surface area (Å²) >= 11 is 3.50. The van der Waals surface area contributed by atoms with Crippen molar-refractivity contribution < 1.29 is 9.53 Å². The van der Waals surface area contributed by atoms with Gasteiger partial charge in [0.1, 0.15) is 5.75 Å². The topological polar surface area (TPSA) is 26.3 Å². The van der Waals surface area contributed by atoms with Crippen molar-refractivity contribution in [3.8, 4) is 16.9 Å². The van der Waals surface area contributed by atoms with Crippen LogP contribution in [0.5, 0.6) is 5.75 Å². The van der Waals surface area contributed by atoms with Crippen molar-refractivity contribution in [3.63, 3.8) is 0 Å². The van der Waals surface area contributed by atoms with Gasteiger partial charge in [0.15, 0.2) is 0 Å². The smallest absolute Gasteiger partial charge is 0.338 e. The second-order valence-corrected chi connectivity index (χ2v) is 5.00. The summed E-state index contributed by atoms with van der Waals surface area (Å²) in [6.07, 6.45) is 0. The Morgan fingerprint density at radius 1 is 1.05 bits per heavy atom. The van der Waals surface area contributed by atoms with Crippen LogP contribution in [0.1, 0.15) is 6.92 Å². The zero-order chi connectivity index (χ0) is 13.8. The molecule has 0 radical (unpaired) electrons. The first-order valence-electron chi connectivity index (χ1n) is 5.81. The first kappa shape index (κ1) is 13.6. The van der Waals surface area contributed by atoms with Crippen molar-refractivity contribution >= 4 is 21.9 Å². The van der Waals surface area contributed by atoms with Crippen LogP contribution in [0.3, 0.4) is 0 Å². The fraction of sp³-hybridized carbons (Fsp3) is 0.0625. The fourth-order valence-electron chi connectivity index (χ4n) is 1.64. The average Bonchev–Trinajstić information content (AvgIpc) is 2.40. The molecule has 0 N–H and O–H groups in total. The lowest BCUT2D eigenvalue weighted by atomic mass is 10.0. The molecule has 0 aliphatic heterocycles. The summed E-state index contributed by atoms with van der Waals surface area (Å²) in [5.74, 6) is 0.113. The quantitative estimate of drug-likeness (QED) is 0.470. The first-order chi connectivity index (χ1) is 9.09. The molecule has 96 valence electrons. The molecule has 0 aromatic heterocycles. The second-order valence-electron chi connectivity index (χ2n) is 4.15. The van der Waals surface area contributed by atoms with E-state index < -0.39 is 5.97 Å². The molecule has 0 spiro atoms. The number of carbonyl (C=O) groups is 1. The van der Waals surface area contributed by atoms with Crippen LogP contribution >= 0.6 is 15.9 Å². The van der Waals surface area contributed by atoms with Gasteiger partial charge in [-0.2, -0.15) is 0 Å². The van der Waals surface area contributed by atoms with Crippen LogP contribution in [0.15, 0.2) is 65.2 Å². The van der Waals surface area contributed by atoms with Crippen molar-refractivity contribution in [1.29, 1.82) is 0 Å². The SMILES string of the molecule is C=C(C)C(=O)Oc1ccccc1-c1ccccc1Br. The van der Waals surface area contributed by atoms with Crippen molar-refractivity contribution in [2.45, 2.75) is 6.92 Å². The number of halogens is 1. The van der Waals surface area contributed by atoms with E-state index in [0.29, 0.717) is 11.3 Å². The lowest BCUT2D eigenvalue weighted by molar-refractivity contribution is -0.130. The molecule has 3 heteroatoms. The van der Waals surface area contributed by atoms with Gasteiger partial charge < -0.3 is 4.74 Å². The molecule has 0 unspecified atom stereocenters. The summed E-state index contributed by atoms with van der Waals surface area (Å²) in [7, 11) is 0. The first-order valence-corrected chi connectivity index (χ1v) is 6.60. The predicted molar refractivity (Wildman–Crippen MR) is 80.0 cm³/mol. The average molecular weight is 317 g/mol. The number of para-hydroxylation sites is 1. The molecule has 0 heterocycles. The predicted octanol–water partition coefficient (Wildman–Crippen LogP) is 4.60. The van der Waals surface area contributed by atoms with Crippen LogP contribution in [0.4, 0.5) is 0 Å². The molecule has 0 atom stereocenters. The molecule has 0 aliphatic rings. The molecule has 2 nitrogen and oxygen atoms in total. The van der Waals surface area contributed by atoms with Crippen LogP contribution in [-0.4, -0.2) is 5.97 Å². The third-order valence-corrected chi connectivity index (χ3v) is 3.29. The van der Waals surface area contributed by atoms with E-state index in [-0.39, 0.29) is 0 Å². The highest BCUT2D eigenvalue weighted by atomic mass is 79.9. The standard InChI is InChI=1S/C16H13BrO2/c1-11(2)16(18)19-15-10-6-4-8-13(15)12-7-3-5-9-14(12)17/h3-10H,1H2,2H3. The minimum atomic E-state index is -0.417. The van der Waals surface area contributed by atoms with Crippen LogP contribution in [0, 0.1) is 0 Å². The van der Waals surface area contributed by atoms with Gasteiger partial charge in [-0.3, -0.25) is 0 Å². The van der Waals surface area contributed by atoms with Crippen LogP contribution < -0.4 is 4.74 Å². The summed E-state index contributed by atoms with van der Waals surface area (Å²) in [6, 6.07) is 15.2. The van der Waals surface area contributed by atoms with Crippen molar-refractivity contribution in [2.24, 2.45) is 0 Å². The van der Waals surface area contributed by atoms with Gasteiger partial charge in [-0.15, -0.1) is 0 Å². The number of hydrogen-bond donors (Lipinski definition) is 0. The lowest BCUT2D eigenvalue weighted by Gasteiger charge is -2.11. The maximum absolute atomic E-state index is 11.6. The molecule has 2 aromatic carbocycles. The number of esters is 1. The third-order valence-electron chi connectivity index (χ3n) is 2.60. The van der Waals surface area contributed by atoms with E-state index >= 15 is 0 Å². The second kappa shape index (κ2) is 5.85. The molecule has 0 saturated heterocycles. The summed E-state index contributed by atoms with van der Waals surface area (Å²) in [4.78, 5) is 11.6. The number of hydrogen-bond acceptors (Lipinski definition) is 2. The molecule has 0 saturated carbocycles. The maximum Gasteiger partial charge on any atom is 0.338 e. The van der Waals surface area contributed by atoms with Crippen molar-refractivity contribution in [1.82, 2.24) is 0 Å². The van der Waals surface area contributed by atoms with Crippen LogP contribution in [0.25, 0.3) is 11.1 Å². The van der Waals surface area contributed by atoms with Crippen molar-refractivity contribution in [2.75, 3.05) is 0 Å². The molecule has 0 fully saturated rings. The summed E-state index contributed by atoms with van der Waals surface area (Å²) in [6.45, 7) is 5.22. The van der Waals surface area contributed by atoms with E-state index in [1.54, 1.807) is 13.0 Å². The maximum atomic E-state index is 11.6. The van der Waals surface area contributed by atoms with Gasteiger partial charge in [0.25, 0.3) is 0 Å². The number of ether oxygens (including phenoxy) is 1. The molecular weight excluding hydrogens is 304 g/mol. The van der Waals surface area contributed by atoms with E-state index in [4.69, 9.17) is 4.74 Å². The Bertz CT molecular complexity index is 632. The highest BCUT2D eigenvalue weighted by Gasteiger charge is 2.12. The minimum Gasteiger partial charge on any atom is -0.423 e. The largest absolute Gasteiger partial charge is 0.423 e.